The van der Waals surface area contributed by atoms with E-state index in [2.05, 4.69) is 258 Å². The molecule has 0 saturated heterocycles. The number of nitrogens with zero attached hydrogens (tertiary/aromatic N) is 2. The molecule has 0 unspecified atom stereocenters. The molecule has 13 rings (SSSR count). The first-order chi connectivity index (χ1) is 33.3. The highest BCUT2D eigenvalue weighted by atomic mass is 16.3. The summed E-state index contributed by atoms with van der Waals surface area (Å²) in [5.41, 5.74) is 17.6. The van der Waals surface area contributed by atoms with Gasteiger partial charge in [0.05, 0.1) is 28.1 Å². The number of rotatable bonds is 8. The minimum Gasteiger partial charge on any atom is -0.455 e. The number of hydrogen-bond acceptors (Lipinski definition) is 2. The molecular formula is C64H42N2O. The third-order valence-electron chi connectivity index (χ3n) is 13.4. The predicted octanol–water partition coefficient (Wildman–Crippen LogP) is 18.0. The van der Waals surface area contributed by atoms with Gasteiger partial charge >= 0.3 is 0 Å². The Labute approximate surface area is 388 Å². The fraction of sp³-hybridized carbons (Fsp3) is 0. The van der Waals surface area contributed by atoms with Crippen molar-refractivity contribution in [3.05, 3.63) is 255 Å². The van der Waals surface area contributed by atoms with Gasteiger partial charge in [0.1, 0.15) is 11.2 Å². The van der Waals surface area contributed by atoms with Gasteiger partial charge < -0.3 is 13.9 Å². The molecule has 0 bridgehead atoms. The highest BCUT2D eigenvalue weighted by Crippen LogP contribution is 2.48. The van der Waals surface area contributed by atoms with Crippen LogP contribution in [0.1, 0.15) is 0 Å². The summed E-state index contributed by atoms with van der Waals surface area (Å²) < 4.78 is 9.09. The van der Waals surface area contributed by atoms with Crippen molar-refractivity contribution >= 4 is 71.6 Å². The Morgan fingerprint density at radius 1 is 0.313 bits per heavy atom. The first-order valence-electron chi connectivity index (χ1n) is 22.9. The maximum atomic E-state index is 6.68. The maximum absolute atomic E-state index is 6.68. The van der Waals surface area contributed by atoms with Crippen LogP contribution in [0.3, 0.4) is 0 Å². The molecule has 13 aromatic rings. The summed E-state index contributed by atoms with van der Waals surface area (Å²) in [6.45, 7) is 0. The Kier molecular flexibility index (Phi) is 9.17. The van der Waals surface area contributed by atoms with Crippen LogP contribution in [0.4, 0.5) is 17.1 Å². The topological polar surface area (TPSA) is 21.3 Å². The third-order valence-corrected chi connectivity index (χ3v) is 13.4. The quantitative estimate of drug-likeness (QED) is 0.152. The lowest BCUT2D eigenvalue weighted by Crippen LogP contribution is -2.12. The first kappa shape index (κ1) is 38.5. The summed E-state index contributed by atoms with van der Waals surface area (Å²) >= 11 is 0. The number of para-hydroxylation sites is 7. The largest absolute Gasteiger partial charge is 0.455 e. The van der Waals surface area contributed by atoms with Gasteiger partial charge in [0.25, 0.3) is 0 Å². The second-order valence-electron chi connectivity index (χ2n) is 17.2. The molecule has 0 N–H and O–H groups in total. The summed E-state index contributed by atoms with van der Waals surface area (Å²) in [7, 11) is 0. The second kappa shape index (κ2) is 16.0. The summed E-state index contributed by atoms with van der Waals surface area (Å²) in [5.74, 6) is 0. The molecule has 3 heteroatoms. The molecule has 0 spiro atoms. The van der Waals surface area contributed by atoms with E-state index in [1.165, 1.54) is 49.3 Å². The Morgan fingerprint density at radius 3 is 1.58 bits per heavy atom. The number of fused-ring (bicyclic) bond motifs is 7. The molecule has 3 nitrogen and oxygen atoms in total. The summed E-state index contributed by atoms with van der Waals surface area (Å²) in [5, 5.41) is 7.16. The summed E-state index contributed by atoms with van der Waals surface area (Å²) in [6, 6.07) is 91.9. The normalized spacial score (nSPS) is 11.6. The van der Waals surface area contributed by atoms with E-state index >= 15 is 0 Å². The monoisotopic (exact) mass is 854 g/mol. The summed E-state index contributed by atoms with van der Waals surface area (Å²) in [4.78, 5) is 2.43. The van der Waals surface area contributed by atoms with Crippen LogP contribution in [-0.4, -0.2) is 4.57 Å². The van der Waals surface area contributed by atoms with Gasteiger partial charge in [-0.1, -0.05) is 200 Å². The van der Waals surface area contributed by atoms with Crippen LogP contribution in [0.5, 0.6) is 0 Å². The second-order valence-corrected chi connectivity index (χ2v) is 17.2. The van der Waals surface area contributed by atoms with Gasteiger partial charge in [-0.25, -0.2) is 0 Å². The molecule has 0 aliphatic heterocycles. The number of benzene rings is 11. The highest BCUT2D eigenvalue weighted by Gasteiger charge is 2.23. The molecule has 11 aromatic carbocycles. The lowest BCUT2D eigenvalue weighted by atomic mass is 9.94. The van der Waals surface area contributed by atoms with E-state index in [0.29, 0.717) is 0 Å². The predicted molar refractivity (Wildman–Crippen MR) is 282 cm³/mol. The molecule has 0 aliphatic rings. The van der Waals surface area contributed by atoms with Crippen LogP contribution >= 0.6 is 0 Å². The van der Waals surface area contributed by atoms with Gasteiger partial charge in [-0.3, -0.25) is 0 Å². The fourth-order valence-electron chi connectivity index (χ4n) is 10.4. The van der Waals surface area contributed by atoms with Crippen molar-refractivity contribution in [1.29, 1.82) is 0 Å². The van der Waals surface area contributed by atoms with Crippen molar-refractivity contribution in [3.8, 4) is 50.2 Å². The van der Waals surface area contributed by atoms with Crippen molar-refractivity contribution in [3.63, 3.8) is 0 Å². The van der Waals surface area contributed by atoms with Gasteiger partial charge in [0, 0.05) is 49.5 Å². The molecule has 0 atom stereocenters. The highest BCUT2D eigenvalue weighted by molar-refractivity contribution is 6.12. The Morgan fingerprint density at radius 2 is 0.821 bits per heavy atom. The van der Waals surface area contributed by atoms with E-state index < -0.39 is 0 Å². The van der Waals surface area contributed by atoms with E-state index in [4.69, 9.17) is 4.42 Å². The standard InChI is InChI=1S/C64H42N2O/c1-2-22-48-44(18-1)19-16-29-50(48)51-24-4-10-33-59(51)65(60-34-11-7-27-54(60)56-30-17-31-57-55-28-8-14-37-63(55)67-64(56)57)47-40-38-43(39-41-47)45-20-15-21-46(42-45)49-23-3-9-32-58(49)66-61-35-12-5-25-52(61)53-26-6-13-36-62(53)66/h1-42H. The summed E-state index contributed by atoms with van der Waals surface area (Å²) in [6.07, 6.45) is 0. The smallest absolute Gasteiger partial charge is 0.143 e. The van der Waals surface area contributed by atoms with Gasteiger partial charge in [0.2, 0.25) is 0 Å². The Bertz CT molecular complexity index is 3950. The molecule has 0 fully saturated rings. The van der Waals surface area contributed by atoms with Crippen LogP contribution < -0.4 is 4.90 Å². The van der Waals surface area contributed by atoms with Gasteiger partial charge in [0.15, 0.2) is 0 Å². The molecule has 0 amide bonds. The number of aromatic nitrogens is 1. The SMILES string of the molecule is c1cc(-c2ccc(N(c3ccccc3-c3cccc4ccccc34)c3ccccc3-c3cccc4c3oc3ccccc34)cc2)cc(-c2ccccc2-n2c3ccccc3c3ccccc32)c1. The minimum atomic E-state index is 0.883. The molecule has 0 aliphatic carbocycles. The Balaban J connectivity index is 0.960. The number of hydrogen-bond donors (Lipinski definition) is 0. The zero-order valence-corrected chi connectivity index (χ0v) is 36.6. The first-order valence-corrected chi connectivity index (χ1v) is 22.9. The van der Waals surface area contributed by atoms with Crippen molar-refractivity contribution in [2.45, 2.75) is 0 Å². The van der Waals surface area contributed by atoms with Crippen molar-refractivity contribution in [2.24, 2.45) is 0 Å². The van der Waals surface area contributed by atoms with Crippen LogP contribution in [0.25, 0.3) is 105 Å². The average Bonchev–Trinajstić information content (AvgIpc) is 3.95. The average molecular weight is 855 g/mol. The molecule has 0 radical (unpaired) electrons. The molecule has 2 heterocycles. The number of anilines is 3. The number of furan rings is 1. The van der Waals surface area contributed by atoms with Gasteiger partial charge in [-0.15, -0.1) is 0 Å². The van der Waals surface area contributed by atoms with E-state index in [1.807, 2.05) is 6.07 Å². The van der Waals surface area contributed by atoms with E-state index in [1.54, 1.807) is 0 Å². The van der Waals surface area contributed by atoms with E-state index in [0.717, 1.165) is 72.5 Å². The Hall–Kier alpha value is -8.92. The van der Waals surface area contributed by atoms with Gasteiger partial charge in [-0.2, -0.15) is 0 Å². The third kappa shape index (κ3) is 6.43. The molecule has 0 saturated carbocycles. The van der Waals surface area contributed by atoms with Crippen LogP contribution in [-0.2, 0) is 0 Å². The molecule has 2 aromatic heterocycles. The van der Waals surface area contributed by atoms with Crippen LogP contribution in [0.15, 0.2) is 259 Å². The van der Waals surface area contributed by atoms with Crippen molar-refractivity contribution in [1.82, 2.24) is 4.57 Å². The van der Waals surface area contributed by atoms with Crippen LogP contribution in [0, 0.1) is 0 Å². The lowest BCUT2D eigenvalue weighted by Gasteiger charge is -2.30. The van der Waals surface area contributed by atoms with E-state index in [-0.39, 0.29) is 0 Å². The van der Waals surface area contributed by atoms with Crippen molar-refractivity contribution < 1.29 is 4.42 Å². The maximum Gasteiger partial charge on any atom is 0.143 e. The molecular weight excluding hydrogens is 813 g/mol. The van der Waals surface area contributed by atoms with Gasteiger partial charge in [-0.05, 0) is 87.6 Å². The lowest BCUT2D eigenvalue weighted by molar-refractivity contribution is 0.670. The minimum absolute atomic E-state index is 0.883. The molecule has 314 valence electrons. The zero-order valence-electron chi connectivity index (χ0n) is 36.6. The molecule has 67 heavy (non-hydrogen) atoms. The van der Waals surface area contributed by atoms with Crippen molar-refractivity contribution in [2.75, 3.05) is 4.90 Å². The van der Waals surface area contributed by atoms with Crippen LogP contribution in [0.2, 0.25) is 0 Å². The zero-order chi connectivity index (χ0) is 44.3. The van der Waals surface area contributed by atoms with E-state index in [9.17, 15) is 0 Å². The fourth-order valence-corrected chi connectivity index (χ4v) is 10.4.